The second kappa shape index (κ2) is 5.17. The molecule has 0 saturated carbocycles. The van der Waals surface area contributed by atoms with Gasteiger partial charge < -0.3 is 10.1 Å². The fourth-order valence-corrected chi connectivity index (χ4v) is 1.32. The SMILES string of the molecule is COCC(C)Nc1cnc(Cl)c(C)c1. The number of rotatable bonds is 4. The third kappa shape index (κ3) is 3.16. The molecule has 1 aromatic rings. The number of halogens is 1. The number of anilines is 1. The highest BCUT2D eigenvalue weighted by atomic mass is 35.5. The summed E-state index contributed by atoms with van der Waals surface area (Å²) in [6.07, 6.45) is 1.72. The quantitative estimate of drug-likeness (QED) is 0.782. The zero-order valence-electron chi connectivity index (χ0n) is 8.67. The molecule has 0 aromatic carbocycles. The van der Waals surface area contributed by atoms with E-state index in [4.69, 9.17) is 16.3 Å². The normalized spacial score (nSPS) is 12.6. The summed E-state index contributed by atoms with van der Waals surface area (Å²) in [6, 6.07) is 2.24. The molecule has 0 radical (unpaired) electrons. The summed E-state index contributed by atoms with van der Waals surface area (Å²) in [5.74, 6) is 0. The van der Waals surface area contributed by atoms with Gasteiger partial charge in [0, 0.05) is 13.2 Å². The van der Waals surface area contributed by atoms with Crippen molar-refractivity contribution >= 4 is 17.3 Å². The Labute approximate surface area is 89.4 Å². The first-order valence-electron chi connectivity index (χ1n) is 4.51. The maximum Gasteiger partial charge on any atom is 0.132 e. The fourth-order valence-electron chi connectivity index (χ4n) is 1.21. The number of methoxy groups -OCH3 is 1. The van der Waals surface area contributed by atoms with Gasteiger partial charge in [-0.05, 0) is 25.5 Å². The van der Waals surface area contributed by atoms with Crippen LogP contribution in [0.3, 0.4) is 0 Å². The lowest BCUT2D eigenvalue weighted by atomic mass is 10.2. The smallest absolute Gasteiger partial charge is 0.132 e. The first-order valence-corrected chi connectivity index (χ1v) is 4.89. The first-order chi connectivity index (χ1) is 6.63. The van der Waals surface area contributed by atoms with Crippen molar-refractivity contribution in [2.24, 2.45) is 0 Å². The van der Waals surface area contributed by atoms with Gasteiger partial charge in [0.2, 0.25) is 0 Å². The lowest BCUT2D eigenvalue weighted by Crippen LogP contribution is -2.20. The Morgan fingerprint density at radius 1 is 1.64 bits per heavy atom. The lowest BCUT2D eigenvalue weighted by molar-refractivity contribution is 0.190. The summed E-state index contributed by atoms with van der Waals surface area (Å²) < 4.78 is 5.02. The van der Waals surface area contributed by atoms with Gasteiger partial charge in [-0.25, -0.2) is 4.98 Å². The van der Waals surface area contributed by atoms with Crippen LogP contribution in [0.4, 0.5) is 5.69 Å². The van der Waals surface area contributed by atoms with E-state index in [0.717, 1.165) is 11.3 Å². The summed E-state index contributed by atoms with van der Waals surface area (Å²) in [7, 11) is 1.68. The van der Waals surface area contributed by atoms with Crippen LogP contribution in [0.2, 0.25) is 5.15 Å². The van der Waals surface area contributed by atoms with E-state index in [1.807, 2.05) is 19.9 Å². The minimum absolute atomic E-state index is 0.266. The molecule has 0 bridgehead atoms. The third-order valence-corrected chi connectivity index (χ3v) is 2.24. The molecule has 0 amide bonds. The number of hydrogen-bond acceptors (Lipinski definition) is 3. The molecule has 0 fully saturated rings. The molecule has 1 rings (SSSR count). The van der Waals surface area contributed by atoms with Crippen molar-refractivity contribution in [2.75, 3.05) is 19.0 Å². The molecular weight excluding hydrogens is 200 g/mol. The van der Waals surface area contributed by atoms with Crippen molar-refractivity contribution in [1.29, 1.82) is 0 Å². The van der Waals surface area contributed by atoms with E-state index in [2.05, 4.69) is 10.3 Å². The molecule has 0 aliphatic carbocycles. The summed E-state index contributed by atoms with van der Waals surface area (Å²) in [6.45, 7) is 4.65. The number of pyridine rings is 1. The van der Waals surface area contributed by atoms with Crippen LogP contribution in [-0.4, -0.2) is 24.7 Å². The van der Waals surface area contributed by atoms with Crippen LogP contribution in [0.1, 0.15) is 12.5 Å². The molecule has 1 heterocycles. The zero-order chi connectivity index (χ0) is 10.6. The van der Waals surface area contributed by atoms with Gasteiger partial charge in [0.05, 0.1) is 18.5 Å². The number of aromatic nitrogens is 1. The highest BCUT2D eigenvalue weighted by Gasteiger charge is 2.03. The minimum atomic E-state index is 0.266. The fraction of sp³-hybridized carbons (Fsp3) is 0.500. The predicted molar refractivity (Wildman–Crippen MR) is 58.9 cm³/mol. The van der Waals surface area contributed by atoms with Crippen LogP contribution in [0.25, 0.3) is 0 Å². The number of aryl methyl sites for hydroxylation is 1. The molecule has 4 heteroatoms. The Balaban J connectivity index is 2.63. The maximum atomic E-state index is 5.81. The highest BCUT2D eigenvalue weighted by Crippen LogP contribution is 2.16. The van der Waals surface area contributed by atoms with Crippen molar-refractivity contribution in [3.63, 3.8) is 0 Å². The molecule has 0 aliphatic heterocycles. The molecule has 1 aromatic heterocycles. The topological polar surface area (TPSA) is 34.1 Å². The van der Waals surface area contributed by atoms with Crippen LogP contribution in [0.5, 0.6) is 0 Å². The molecule has 0 saturated heterocycles. The van der Waals surface area contributed by atoms with Gasteiger partial charge in [-0.3, -0.25) is 0 Å². The Morgan fingerprint density at radius 2 is 2.36 bits per heavy atom. The van der Waals surface area contributed by atoms with E-state index in [1.165, 1.54) is 0 Å². The number of ether oxygens (including phenoxy) is 1. The van der Waals surface area contributed by atoms with Gasteiger partial charge in [-0.2, -0.15) is 0 Å². The van der Waals surface area contributed by atoms with Crippen molar-refractivity contribution in [2.45, 2.75) is 19.9 Å². The monoisotopic (exact) mass is 214 g/mol. The summed E-state index contributed by atoms with van der Waals surface area (Å²) in [5, 5.41) is 3.82. The third-order valence-electron chi connectivity index (χ3n) is 1.84. The predicted octanol–water partition coefficient (Wildman–Crippen LogP) is 2.49. The zero-order valence-corrected chi connectivity index (χ0v) is 9.43. The van der Waals surface area contributed by atoms with Crippen LogP contribution in [0.15, 0.2) is 12.3 Å². The minimum Gasteiger partial charge on any atom is -0.383 e. The molecule has 1 atom stereocenters. The Hall–Kier alpha value is -0.800. The highest BCUT2D eigenvalue weighted by molar-refractivity contribution is 6.30. The van der Waals surface area contributed by atoms with E-state index in [0.29, 0.717) is 11.8 Å². The van der Waals surface area contributed by atoms with Gasteiger partial charge >= 0.3 is 0 Å². The van der Waals surface area contributed by atoms with Crippen molar-refractivity contribution in [1.82, 2.24) is 4.98 Å². The Morgan fingerprint density at radius 3 is 2.93 bits per heavy atom. The van der Waals surface area contributed by atoms with E-state index in [1.54, 1.807) is 13.3 Å². The van der Waals surface area contributed by atoms with Crippen LogP contribution < -0.4 is 5.32 Å². The summed E-state index contributed by atoms with van der Waals surface area (Å²) in [4.78, 5) is 4.05. The molecule has 14 heavy (non-hydrogen) atoms. The van der Waals surface area contributed by atoms with Gasteiger partial charge in [-0.15, -0.1) is 0 Å². The van der Waals surface area contributed by atoms with E-state index >= 15 is 0 Å². The molecule has 3 nitrogen and oxygen atoms in total. The summed E-state index contributed by atoms with van der Waals surface area (Å²) in [5.41, 5.74) is 1.94. The van der Waals surface area contributed by atoms with E-state index < -0.39 is 0 Å². The second-order valence-corrected chi connectivity index (χ2v) is 3.69. The van der Waals surface area contributed by atoms with Crippen molar-refractivity contribution < 1.29 is 4.74 Å². The second-order valence-electron chi connectivity index (χ2n) is 3.33. The van der Waals surface area contributed by atoms with Gasteiger partial charge in [0.1, 0.15) is 5.15 Å². The van der Waals surface area contributed by atoms with Crippen LogP contribution >= 0.6 is 11.6 Å². The molecule has 1 N–H and O–H groups in total. The molecular formula is C10H15ClN2O. The average molecular weight is 215 g/mol. The number of nitrogens with one attached hydrogen (secondary N) is 1. The molecule has 78 valence electrons. The number of hydrogen-bond donors (Lipinski definition) is 1. The van der Waals surface area contributed by atoms with Gasteiger partial charge in [0.25, 0.3) is 0 Å². The van der Waals surface area contributed by atoms with Crippen LogP contribution in [-0.2, 0) is 4.74 Å². The van der Waals surface area contributed by atoms with Gasteiger partial charge in [0.15, 0.2) is 0 Å². The van der Waals surface area contributed by atoms with Gasteiger partial charge in [-0.1, -0.05) is 11.6 Å². The molecule has 0 aliphatic rings. The summed E-state index contributed by atoms with van der Waals surface area (Å²) >= 11 is 5.81. The van der Waals surface area contributed by atoms with Crippen molar-refractivity contribution in [3.05, 3.63) is 23.0 Å². The standard InChI is InChI=1S/C10H15ClN2O/c1-7-4-9(5-12-10(7)11)13-8(2)6-14-3/h4-5,8,13H,6H2,1-3H3. The van der Waals surface area contributed by atoms with Crippen LogP contribution in [0, 0.1) is 6.92 Å². The van der Waals surface area contributed by atoms with Crippen molar-refractivity contribution in [3.8, 4) is 0 Å². The largest absolute Gasteiger partial charge is 0.383 e. The first kappa shape index (κ1) is 11.3. The van der Waals surface area contributed by atoms with E-state index in [-0.39, 0.29) is 6.04 Å². The lowest BCUT2D eigenvalue weighted by Gasteiger charge is -2.14. The Kier molecular flexibility index (Phi) is 4.17. The number of nitrogens with zero attached hydrogens (tertiary/aromatic N) is 1. The molecule has 0 spiro atoms. The average Bonchev–Trinajstić information content (AvgIpc) is 2.12. The van der Waals surface area contributed by atoms with E-state index in [9.17, 15) is 0 Å². The maximum absolute atomic E-state index is 5.81. The molecule has 1 unspecified atom stereocenters. The Bertz CT molecular complexity index is 304.